The van der Waals surface area contributed by atoms with Gasteiger partial charge in [-0.2, -0.15) is 0 Å². The Kier molecular flexibility index (Phi) is 5.69. The second-order valence-electron chi connectivity index (χ2n) is 9.00. The third-order valence-corrected chi connectivity index (χ3v) is 8.47. The summed E-state index contributed by atoms with van der Waals surface area (Å²) >= 11 is 1.41. The zero-order chi connectivity index (χ0) is 20.7. The molecule has 158 valence electrons. The van der Waals surface area contributed by atoms with Gasteiger partial charge in [0.05, 0.1) is 17.4 Å². The normalized spacial score (nSPS) is 29.0. The molecule has 4 aliphatic carbocycles. The summed E-state index contributed by atoms with van der Waals surface area (Å²) in [5.74, 6) is -2.13. The number of carboxylic acid groups (broad SMARTS) is 1. The molecule has 0 aliphatic heterocycles. The molecule has 0 unspecified atom stereocenters. The van der Waals surface area contributed by atoms with Crippen molar-refractivity contribution in [2.45, 2.75) is 71.3 Å². The molecule has 0 saturated heterocycles. The first-order chi connectivity index (χ1) is 13.9. The summed E-state index contributed by atoms with van der Waals surface area (Å²) in [7, 11) is 0. The number of hydrogen-bond donors (Lipinski definition) is 3. The van der Waals surface area contributed by atoms with E-state index in [0.29, 0.717) is 10.6 Å². The lowest BCUT2D eigenvalue weighted by Crippen LogP contribution is -2.49. The number of nitrogens with one attached hydrogen (secondary N) is 2. The van der Waals surface area contributed by atoms with Crippen LogP contribution in [0, 0.1) is 37.5 Å². The van der Waals surface area contributed by atoms with Crippen molar-refractivity contribution in [3.8, 4) is 0 Å². The molecule has 4 fully saturated rings. The fourth-order valence-corrected chi connectivity index (χ4v) is 6.75. The van der Waals surface area contributed by atoms with Crippen molar-refractivity contribution in [3.63, 3.8) is 0 Å². The zero-order valence-corrected chi connectivity index (χ0v) is 17.9. The van der Waals surface area contributed by atoms with Crippen molar-refractivity contribution in [2.24, 2.45) is 23.7 Å². The van der Waals surface area contributed by atoms with Crippen LogP contribution in [-0.4, -0.2) is 28.9 Å². The van der Waals surface area contributed by atoms with E-state index in [1.165, 1.54) is 11.3 Å². The number of carbonyl (C=O) groups is 3. The zero-order valence-electron chi connectivity index (χ0n) is 17.1. The van der Waals surface area contributed by atoms with Gasteiger partial charge < -0.3 is 15.7 Å². The summed E-state index contributed by atoms with van der Waals surface area (Å²) in [5, 5.41) is 16.4. The summed E-state index contributed by atoms with van der Waals surface area (Å²) in [4.78, 5) is 39.1. The minimum absolute atomic E-state index is 0.0881. The highest BCUT2D eigenvalue weighted by Crippen LogP contribution is 2.49. The number of fused-ring (bicyclic) bond motifs is 3. The average molecular weight is 419 g/mol. The standard InChI is InChI=1S/C22H30N2O4S/c1-11-12(2)29-21(16(11)19(25)23-15-5-3-4-6-15)24-20(26)17-13-7-9-14(10-8-13)18(17)22(27)28/h13-15,17-18H,3-10H2,1-2H3,(H,23,25)(H,24,26)(H,27,28)/t13?,14?,17-,18-/m0/s1. The Morgan fingerprint density at radius 1 is 0.931 bits per heavy atom. The Morgan fingerprint density at radius 2 is 1.52 bits per heavy atom. The highest BCUT2D eigenvalue weighted by atomic mass is 32.1. The smallest absolute Gasteiger partial charge is 0.307 e. The molecule has 5 rings (SSSR count). The van der Waals surface area contributed by atoms with Crippen LogP contribution in [0.1, 0.15) is 72.2 Å². The summed E-state index contributed by atoms with van der Waals surface area (Å²) in [6, 6.07) is 0.205. The fourth-order valence-electron chi connectivity index (χ4n) is 5.69. The first kappa shape index (κ1) is 20.4. The number of rotatable bonds is 5. The third kappa shape index (κ3) is 3.81. The summed E-state index contributed by atoms with van der Waals surface area (Å²) in [5.41, 5.74) is 1.43. The van der Waals surface area contributed by atoms with Gasteiger partial charge in [0.25, 0.3) is 5.91 Å². The maximum Gasteiger partial charge on any atom is 0.307 e. The maximum atomic E-state index is 13.2. The Labute approximate surface area is 175 Å². The highest BCUT2D eigenvalue weighted by molar-refractivity contribution is 7.16. The van der Waals surface area contributed by atoms with Crippen LogP contribution in [0.15, 0.2) is 0 Å². The SMILES string of the molecule is Cc1sc(NC(=O)[C@H]2C3CCC(CC3)[C@@H]2C(=O)O)c(C(=O)NC2CCCC2)c1C. The van der Waals surface area contributed by atoms with Crippen LogP contribution in [0.4, 0.5) is 5.00 Å². The van der Waals surface area contributed by atoms with Crippen molar-refractivity contribution in [3.05, 3.63) is 16.0 Å². The van der Waals surface area contributed by atoms with Crippen LogP contribution in [0.3, 0.4) is 0 Å². The Hall–Kier alpha value is -1.89. The first-order valence-electron chi connectivity index (χ1n) is 10.8. The number of hydrogen-bond acceptors (Lipinski definition) is 4. The van der Waals surface area contributed by atoms with Crippen LogP contribution in [0.5, 0.6) is 0 Å². The van der Waals surface area contributed by atoms with E-state index in [1.807, 2.05) is 13.8 Å². The largest absolute Gasteiger partial charge is 0.481 e. The van der Waals surface area contributed by atoms with Gasteiger partial charge in [-0.25, -0.2) is 0 Å². The molecule has 1 heterocycles. The van der Waals surface area contributed by atoms with Crippen molar-refractivity contribution in [1.29, 1.82) is 0 Å². The van der Waals surface area contributed by atoms with E-state index in [9.17, 15) is 19.5 Å². The number of aryl methyl sites for hydroxylation is 1. The van der Waals surface area contributed by atoms with E-state index >= 15 is 0 Å². The lowest BCUT2D eigenvalue weighted by Gasteiger charge is -2.45. The molecule has 0 radical (unpaired) electrons. The maximum absolute atomic E-state index is 13.2. The molecule has 4 aliphatic rings. The number of aliphatic carboxylic acids is 1. The van der Waals surface area contributed by atoms with Crippen LogP contribution in [-0.2, 0) is 9.59 Å². The molecule has 1 aromatic rings. The fraction of sp³-hybridized carbons (Fsp3) is 0.682. The van der Waals surface area contributed by atoms with Gasteiger partial charge in [0.2, 0.25) is 5.91 Å². The Bertz CT molecular complexity index is 819. The van der Waals surface area contributed by atoms with E-state index in [-0.39, 0.29) is 29.7 Å². The van der Waals surface area contributed by atoms with Gasteiger partial charge in [0, 0.05) is 10.9 Å². The number of carbonyl (C=O) groups excluding carboxylic acids is 2. The lowest BCUT2D eigenvalue weighted by atomic mass is 9.58. The van der Waals surface area contributed by atoms with Gasteiger partial charge in [-0.1, -0.05) is 12.8 Å². The van der Waals surface area contributed by atoms with Gasteiger partial charge in [0.15, 0.2) is 0 Å². The molecule has 0 aromatic carbocycles. The molecule has 2 amide bonds. The molecule has 3 N–H and O–H groups in total. The van der Waals surface area contributed by atoms with Gasteiger partial charge in [-0.15, -0.1) is 11.3 Å². The summed E-state index contributed by atoms with van der Waals surface area (Å²) < 4.78 is 0. The van der Waals surface area contributed by atoms with Gasteiger partial charge in [-0.3, -0.25) is 14.4 Å². The predicted molar refractivity (Wildman–Crippen MR) is 112 cm³/mol. The predicted octanol–water partition coefficient (Wildman–Crippen LogP) is 4.11. The summed E-state index contributed by atoms with van der Waals surface area (Å²) in [6.07, 6.45) is 7.92. The molecular weight excluding hydrogens is 388 g/mol. The van der Waals surface area contributed by atoms with Crippen LogP contribution >= 0.6 is 11.3 Å². The average Bonchev–Trinajstić information content (AvgIpc) is 3.29. The van der Waals surface area contributed by atoms with Gasteiger partial charge in [0.1, 0.15) is 5.00 Å². The quantitative estimate of drug-likeness (QED) is 0.670. The molecule has 1 aromatic heterocycles. The Balaban J connectivity index is 1.56. The van der Waals surface area contributed by atoms with E-state index in [0.717, 1.165) is 61.8 Å². The Morgan fingerprint density at radius 3 is 2.10 bits per heavy atom. The van der Waals surface area contributed by atoms with E-state index in [1.54, 1.807) is 0 Å². The molecule has 0 spiro atoms. The first-order valence-corrected chi connectivity index (χ1v) is 11.6. The third-order valence-electron chi connectivity index (χ3n) is 7.35. The molecule has 2 atom stereocenters. The monoisotopic (exact) mass is 418 g/mol. The minimum Gasteiger partial charge on any atom is -0.481 e. The topological polar surface area (TPSA) is 95.5 Å². The summed E-state index contributed by atoms with van der Waals surface area (Å²) in [6.45, 7) is 3.86. The van der Waals surface area contributed by atoms with E-state index in [4.69, 9.17) is 0 Å². The number of thiophene rings is 1. The molecule has 7 heteroatoms. The van der Waals surface area contributed by atoms with Gasteiger partial charge in [-0.05, 0) is 69.8 Å². The number of anilines is 1. The highest BCUT2D eigenvalue weighted by Gasteiger charge is 2.50. The van der Waals surface area contributed by atoms with Crippen molar-refractivity contribution < 1.29 is 19.5 Å². The lowest BCUT2D eigenvalue weighted by molar-refractivity contribution is -0.156. The van der Waals surface area contributed by atoms with E-state index in [2.05, 4.69) is 10.6 Å². The number of carboxylic acids is 1. The second kappa shape index (κ2) is 8.09. The molecular formula is C22H30N2O4S. The van der Waals surface area contributed by atoms with Crippen molar-refractivity contribution in [2.75, 3.05) is 5.32 Å². The molecule has 4 saturated carbocycles. The molecule has 2 bridgehead atoms. The van der Waals surface area contributed by atoms with E-state index < -0.39 is 17.8 Å². The molecule has 29 heavy (non-hydrogen) atoms. The van der Waals surface area contributed by atoms with Crippen LogP contribution in [0.2, 0.25) is 0 Å². The van der Waals surface area contributed by atoms with Crippen LogP contribution in [0.25, 0.3) is 0 Å². The van der Waals surface area contributed by atoms with Gasteiger partial charge >= 0.3 is 5.97 Å². The number of amides is 2. The van der Waals surface area contributed by atoms with Crippen LogP contribution < -0.4 is 10.6 Å². The second-order valence-corrected chi connectivity index (χ2v) is 10.2. The molecule has 6 nitrogen and oxygen atoms in total. The van der Waals surface area contributed by atoms with Crippen molar-refractivity contribution >= 4 is 34.1 Å². The minimum atomic E-state index is -0.864. The van der Waals surface area contributed by atoms with Crippen molar-refractivity contribution in [1.82, 2.24) is 5.32 Å².